The van der Waals surface area contributed by atoms with E-state index in [9.17, 15) is 0 Å². The third-order valence-electron chi connectivity index (χ3n) is 3.86. The van der Waals surface area contributed by atoms with E-state index in [-0.39, 0.29) is 0 Å². The number of hydrogen-bond acceptors (Lipinski definition) is 4. The van der Waals surface area contributed by atoms with Crippen molar-refractivity contribution in [3.63, 3.8) is 0 Å². The number of fused-ring (bicyclic) bond motifs is 1. The lowest BCUT2D eigenvalue weighted by Gasteiger charge is -2.06. The molecule has 1 aliphatic carbocycles. The number of ether oxygens (including phenoxy) is 1. The number of hydrogen-bond donors (Lipinski definition) is 2. The van der Waals surface area contributed by atoms with E-state index in [2.05, 4.69) is 10.3 Å². The van der Waals surface area contributed by atoms with Crippen molar-refractivity contribution in [3.05, 3.63) is 39.8 Å². The fraction of sp³-hybridized carbons (Fsp3) is 0.412. The molecule has 0 radical (unpaired) electrons. The van der Waals surface area contributed by atoms with Crippen molar-refractivity contribution in [3.8, 4) is 5.75 Å². The number of anilines is 1. The zero-order valence-corrected chi connectivity index (χ0v) is 14.2. The highest BCUT2D eigenvalue weighted by Gasteiger charge is 2.14. The van der Waals surface area contributed by atoms with Gasteiger partial charge in [0.2, 0.25) is 0 Å². The summed E-state index contributed by atoms with van der Waals surface area (Å²) in [6, 6.07) is 7.59. The number of aliphatic imine (C=N–C) groups is 1. The fourth-order valence-electron chi connectivity index (χ4n) is 2.65. The Balaban J connectivity index is 1.51. The first-order valence-electron chi connectivity index (χ1n) is 7.93. The van der Waals surface area contributed by atoms with E-state index in [0.717, 1.165) is 24.3 Å². The topological polar surface area (TPSA) is 72.5 Å². The highest BCUT2D eigenvalue weighted by atomic mass is 32.1. The third-order valence-corrected chi connectivity index (χ3v) is 5.08. The minimum atomic E-state index is 0.427. The average molecular weight is 330 g/mol. The number of aromatic nitrogens is 1. The van der Waals surface area contributed by atoms with E-state index in [1.54, 1.807) is 7.11 Å². The summed E-state index contributed by atoms with van der Waals surface area (Å²) in [5.74, 6) is 1.25. The molecule has 3 N–H and O–H groups in total. The first-order valence-corrected chi connectivity index (χ1v) is 8.74. The number of thiazole rings is 1. The van der Waals surface area contributed by atoms with Gasteiger partial charge in [0, 0.05) is 23.5 Å². The Kier molecular flexibility index (Phi) is 5.12. The van der Waals surface area contributed by atoms with Gasteiger partial charge >= 0.3 is 0 Å². The first-order chi connectivity index (χ1) is 11.2. The van der Waals surface area contributed by atoms with Crippen molar-refractivity contribution in [2.75, 3.05) is 19.0 Å². The Morgan fingerprint density at radius 3 is 2.83 bits per heavy atom. The molecule has 0 saturated heterocycles. The second-order valence-electron chi connectivity index (χ2n) is 5.56. The fourth-order valence-corrected chi connectivity index (χ4v) is 3.79. The van der Waals surface area contributed by atoms with Crippen LogP contribution in [0.4, 0.5) is 5.69 Å². The second kappa shape index (κ2) is 7.46. The molecule has 0 fully saturated rings. The van der Waals surface area contributed by atoms with Gasteiger partial charge in [0.15, 0.2) is 5.96 Å². The molecular formula is C17H22N4OS. The van der Waals surface area contributed by atoms with Crippen LogP contribution in [0.5, 0.6) is 5.75 Å². The summed E-state index contributed by atoms with van der Waals surface area (Å²) in [7, 11) is 1.65. The molecule has 122 valence electrons. The molecule has 0 saturated carbocycles. The molecule has 2 aromatic rings. The quantitative estimate of drug-likeness (QED) is 0.653. The summed E-state index contributed by atoms with van der Waals surface area (Å²) >= 11 is 1.84. The van der Waals surface area contributed by atoms with Crippen LogP contribution < -0.4 is 15.8 Å². The van der Waals surface area contributed by atoms with Gasteiger partial charge in [0.25, 0.3) is 0 Å². The number of nitrogens with one attached hydrogen (secondary N) is 1. The number of aryl methyl sites for hydroxylation is 2. The third kappa shape index (κ3) is 4.22. The molecule has 23 heavy (non-hydrogen) atoms. The minimum Gasteiger partial charge on any atom is -0.497 e. The van der Waals surface area contributed by atoms with E-state index >= 15 is 0 Å². The highest BCUT2D eigenvalue weighted by Crippen LogP contribution is 2.26. The molecule has 0 spiro atoms. The number of methoxy groups -OCH3 is 1. The van der Waals surface area contributed by atoms with Crippen LogP contribution in [0.25, 0.3) is 0 Å². The standard InChI is InChI=1S/C17H22N4OS/c1-22-13-8-6-12(7-9-13)20-17(18)19-11-10-16-21-14-4-2-3-5-15(14)23-16/h6-9H,2-5,10-11H2,1H3,(H3,18,19,20). The Morgan fingerprint density at radius 2 is 2.09 bits per heavy atom. The summed E-state index contributed by atoms with van der Waals surface area (Å²) in [6.07, 6.45) is 5.74. The van der Waals surface area contributed by atoms with E-state index in [0.29, 0.717) is 12.5 Å². The molecule has 0 atom stereocenters. The summed E-state index contributed by atoms with van der Waals surface area (Å²) < 4.78 is 5.13. The van der Waals surface area contributed by atoms with Crippen LogP contribution in [0.15, 0.2) is 29.3 Å². The van der Waals surface area contributed by atoms with Crippen LogP contribution in [-0.4, -0.2) is 24.6 Å². The maximum atomic E-state index is 5.93. The lowest BCUT2D eigenvalue weighted by Crippen LogP contribution is -2.23. The zero-order chi connectivity index (χ0) is 16.1. The predicted molar refractivity (Wildman–Crippen MR) is 95.6 cm³/mol. The SMILES string of the molecule is COc1ccc(NC(N)=NCCc2nc3c(s2)CCCC3)cc1. The van der Waals surface area contributed by atoms with Gasteiger partial charge < -0.3 is 15.8 Å². The van der Waals surface area contributed by atoms with Crippen molar-refractivity contribution < 1.29 is 4.74 Å². The molecule has 1 aliphatic rings. The van der Waals surface area contributed by atoms with Crippen LogP contribution >= 0.6 is 11.3 Å². The van der Waals surface area contributed by atoms with Crippen molar-refractivity contribution in [2.45, 2.75) is 32.1 Å². The Morgan fingerprint density at radius 1 is 1.30 bits per heavy atom. The normalized spacial score (nSPS) is 14.4. The zero-order valence-electron chi connectivity index (χ0n) is 13.3. The number of rotatable bonds is 5. The number of nitrogens with zero attached hydrogens (tertiary/aromatic N) is 2. The van der Waals surface area contributed by atoms with Gasteiger partial charge in [-0.25, -0.2) is 4.98 Å². The molecule has 0 unspecified atom stereocenters. The summed E-state index contributed by atoms with van der Waals surface area (Å²) in [5.41, 5.74) is 8.14. The molecule has 1 aromatic heterocycles. The van der Waals surface area contributed by atoms with Gasteiger partial charge in [-0.15, -0.1) is 11.3 Å². The van der Waals surface area contributed by atoms with Crippen LogP contribution in [0.2, 0.25) is 0 Å². The molecule has 5 nitrogen and oxygen atoms in total. The van der Waals surface area contributed by atoms with Gasteiger partial charge in [0.05, 0.1) is 17.8 Å². The van der Waals surface area contributed by atoms with E-state index in [1.807, 2.05) is 35.6 Å². The molecule has 6 heteroatoms. The minimum absolute atomic E-state index is 0.427. The molecule has 0 aliphatic heterocycles. The second-order valence-corrected chi connectivity index (χ2v) is 6.72. The number of guanidine groups is 1. The predicted octanol–water partition coefficient (Wildman–Crippen LogP) is 3.00. The molecule has 0 amide bonds. The van der Waals surface area contributed by atoms with E-state index in [1.165, 1.54) is 34.8 Å². The average Bonchev–Trinajstić information content (AvgIpc) is 2.98. The van der Waals surface area contributed by atoms with Crippen LogP contribution in [-0.2, 0) is 19.3 Å². The summed E-state index contributed by atoms with van der Waals surface area (Å²) in [6.45, 7) is 0.654. The maximum Gasteiger partial charge on any atom is 0.193 e. The van der Waals surface area contributed by atoms with E-state index < -0.39 is 0 Å². The number of benzene rings is 1. The Hall–Kier alpha value is -2.08. The molecule has 3 rings (SSSR count). The number of nitrogens with two attached hydrogens (primary N) is 1. The first kappa shape index (κ1) is 15.8. The van der Waals surface area contributed by atoms with Gasteiger partial charge in [-0.05, 0) is 49.9 Å². The largest absolute Gasteiger partial charge is 0.497 e. The van der Waals surface area contributed by atoms with Crippen molar-refractivity contribution in [1.82, 2.24) is 4.98 Å². The Bertz CT molecular complexity index is 655. The van der Waals surface area contributed by atoms with Crippen LogP contribution in [0.3, 0.4) is 0 Å². The van der Waals surface area contributed by atoms with Crippen LogP contribution in [0.1, 0.15) is 28.4 Å². The summed E-state index contributed by atoms with van der Waals surface area (Å²) in [4.78, 5) is 10.6. The lowest BCUT2D eigenvalue weighted by molar-refractivity contribution is 0.415. The van der Waals surface area contributed by atoms with Gasteiger partial charge in [-0.1, -0.05) is 0 Å². The molecular weight excluding hydrogens is 308 g/mol. The van der Waals surface area contributed by atoms with Gasteiger partial charge in [-0.2, -0.15) is 0 Å². The van der Waals surface area contributed by atoms with Crippen molar-refractivity contribution >= 4 is 23.0 Å². The van der Waals surface area contributed by atoms with Crippen molar-refractivity contribution in [2.24, 2.45) is 10.7 Å². The lowest BCUT2D eigenvalue weighted by atomic mass is 10.0. The monoisotopic (exact) mass is 330 g/mol. The molecule has 1 heterocycles. The highest BCUT2D eigenvalue weighted by molar-refractivity contribution is 7.11. The molecule has 0 bridgehead atoms. The van der Waals surface area contributed by atoms with E-state index in [4.69, 9.17) is 15.5 Å². The van der Waals surface area contributed by atoms with Crippen molar-refractivity contribution in [1.29, 1.82) is 0 Å². The van der Waals surface area contributed by atoms with Gasteiger partial charge in [0.1, 0.15) is 5.75 Å². The maximum absolute atomic E-state index is 5.93. The van der Waals surface area contributed by atoms with Crippen LogP contribution in [0, 0.1) is 0 Å². The summed E-state index contributed by atoms with van der Waals surface area (Å²) in [5, 5.41) is 4.26. The Labute approximate surface area is 140 Å². The van der Waals surface area contributed by atoms with Gasteiger partial charge in [-0.3, -0.25) is 4.99 Å². The molecule has 1 aromatic carbocycles. The smallest absolute Gasteiger partial charge is 0.193 e.